The minimum atomic E-state index is -0.977. The molecule has 2 heterocycles. The average molecular weight is 340 g/mol. The molecule has 3 aliphatic rings. The lowest BCUT2D eigenvalue weighted by Crippen LogP contribution is -2.89. The van der Waals surface area contributed by atoms with E-state index in [2.05, 4.69) is 11.4 Å². The summed E-state index contributed by atoms with van der Waals surface area (Å²) in [4.78, 5) is 25.3. The quantitative estimate of drug-likeness (QED) is 0.785. The van der Waals surface area contributed by atoms with E-state index in [1.165, 1.54) is 0 Å². The van der Waals surface area contributed by atoms with Gasteiger partial charge in [0.2, 0.25) is 5.91 Å². The third-order valence-corrected chi connectivity index (χ3v) is 5.91. The first-order valence-corrected chi connectivity index (χ1v) is 8.97. The van der Waals surface area contributed by atoms with E-state index < -0.39 is 17.1 Å². The van der Waals surface area contributed by atoms with Gasteiger partial charge in [0.25, 0.3) is 0 Å². The number of esters is 1. The van der Waals surface area contributed by atoms with Crippen LogP contribution in [0, 0.1) is 11.3 Å². The van der Waals surface area contributed by atoms with Crippen molar-refractivity contribution in [3.8, 4) is 6.07 Å². The van der Waals surface area contributed by atoms with Gasteiger partial charge in [-0.1, -0.05) is 24.6 Å². The van der Waals surface area contributed by atoms with Gasteiger partial charge >= 0.3 is 5.97 Å². The molecule has 1 saturated carbocycles. The van der Waals surface area contributed by atoms with Gasteiger partial charge in [0.05, 0.1) is 6.54 Å². The molecule has 6 nitrogen and oxygen atoms in total. The molecule has 2 aliphatic heterocycles. The van der Waals surface area contributed by atoms with E-state index in [9.17, 15) is 14.9 Å². The molecule has 1 aromatic rings. The predicted molar refractivity (Wildman–Crippen MR) is 89.5 cm³/mol. The van der Waals surface area contributed by atoms with Crippen LogP contribution in [0.4, 0.5) is 5.69 Å². The first kappa shape index (κ1) is 16.1. The number of quaternary nitrogens is 1. The number of nitrogens with two attached hydrogens (primary N) is 1. The Morgan fingerprint density at radius 2 is 2.04 bits per heavy atom. The van der Waals surface area contributed by atoms with Crippen LogP contribution in [0.3, 0.4) is 0 Å². The van der Waals surface area contributed by atoms with E-state index in [0.29, 0.717) is 25.8 Å². The number of carbonyl (C=O) groups excluding carboxylic acids is 2. The molecule has 1 aliphatic carbocycles. The van der Waals surface area contributed by atoms with Crippen molar-refractivity contribution in [3.05, 3.63) is 29.8 Å². The van der Waals surface area contributed by atoms with Gasteiger partial charge in [-0.2, -0.15) is 5.26 Å². The summed E-state index contributed by atoms with van der Waals surface area (Å²) >= 11 is 0. The molecule has 0 radical (unpaired) electrons. The first-order valence-electron chi connectivity index (χ1n) is 8.97. The van der Waals surface area contributed by atoms with Crippen molar-refractivity contribution < 1.29 is 19.6 Å². The molecule has 2 fully saturated rings. The molecule has 0 bridgehead atoms. The van der Waals surface area contributed by atoms with Crippen LogP contribution in [0.15, 0.2) is 24.3 Å². The molecule has 130 valence electrons. The van der Waals surface area contributed by atoms with Gasteiger partial charge in [-0.3, -0.25) is 4.79 Å². The van der Waals surface area contributed by atoms with Crippen LogP contribution in [-0.4, -0.2) is 30.1 Å². The fourth-order valence-electron chi connectivity index (χ4n) is 4.47. The molecule has 4 rings (SSSR count). The largest absolute Gasteiger partial charge is 0.439 e. The van der Waals surface area contributed by atoms with Crippen molar-refractivity contribution in [1.82, 2.24) is 0 Å². The van der Waals surface area contributed by atoms with Crippen molar-refractivity contribution in [2.75, 3.05) is 11.9 Å². The SMILES string of the molecule is N#CC1(OC(=O)[C@H]2C[C@]3(C[NH2+]2)C(=O)Nc2ccccc23)CCCCC1. The van der Waals surface area contributed by atoms with Crippen LogP contribution in [0.1, 0.15) is 44.1 Å². The number of rotatable bonds is 2. The van der Waals surface area contributed by atoms with Gasteiger partial charge in [-0.25, -0.2) is 4.79 Å². The van der Waals surface area contributed by atoms with Gasteiger partial charge in [0, 0.05) is 24.9 Å². The van der Waals surface area contributed by atoms with Crippen LogP contribution in [0.2, 0.25) is 0 Å². The number of fused-ring (bicyclic) bond motifs is 2. The molecule has 0 unspecified atom stereocenters. The van der Waals surface area contributed by atoms with Crippen molar-refractivity contribution in [2.24, 2.45) is 0 Å². The number of nitriles is 1. The summed E-state index contributed by atoms with van der Waals surface area (Å²) in [7, 11) is 0. The first-order chi connectivity index (χ1) is 12.1. The highest BCUT2D eigenvalue weighted by Gasteiger charge is 2.57. The van der Waals surface area contributed by atoms with Crippen LogP contribution in [0.25, 0.3) is 0 Å². The highest BCUT2D eigenvalue weighted by atomic mass is 16.6. The third kappa shape index (κ3) is 2.50. The lowest BCUT2D eigenvalue weighted by molar-refractivity contribution is -0.661. The Morgan fingerprint density at radius 3 is 2.80 bits per heavy atom. The molecule has 1 saturated heterocycles. The monoisotopic (exact) mass is 340 g/mol. The minimum absolute atomic E-state index is 0.0482. The summed E-state index contributed by atoms with van der Waals surface area (Å²) in [6.07, 6.45) is 4.53. The number of benzene rings is 1. The fraction of sp³-hybridized carbons (Fsp3) is 0.526. The zero-order chi connectivity index (χ0) is 17.5. The van der Waals surface area contributed by atoms with Crippen molar-refractivity contribution >= 4 is 17.6 Å². The number of nitrogens with zero attached hydrogens (tertiary/aromatic N) is 1. The zero-order valence-electron chi connectivity index (χ0n) is 14.1. The third-order valence-electron chi connectivity index (χ3n) is 5.91. The van der Waals surface area contributed by atoms with E-state index in [1.807, 2.05) is 29.6 Å². The molecule has 2 atom stereocenters. The second-order valence-corrected chi connectivity index (χ2v) is 7.42. The van der Waals surface area contributed by atoms with E-state index in [-0.39, 0.29) is 11.9 Å². The standard InChI is InChI=1S/C19H21N3O3/c20-11-18(8-4-1-5-9-18)25-16(23)15-10-19(12-21-15)13-6-2-3-7-14(13)22-17(19)24/h2-3,6-7,15,21H,1,4-5,8-10,12H2,(H,22,24)/p+1/t15-,19-/m1/s1. The number of anilines is 1. The summed E-state index contributed by atoms with van der Waals surface area (Å²) in [5, 5.41) is 14.3. The Labute approximate surface area is 146 Å². The fourth-order valence-corrected chi connectivity index (χ4v) is 4.47. The number of para-hydroxylation sites is 1. The Balaban J connectivity index is 1.52. The molecule has 1 spiro atoms. The van der Waals surface area contributed by atoms with Gasteiger partial charge in [0.15, 0.2) is 11.6 Å². The Morgan fingerprint density at radius 1 is 1.28 bits per heavy atom. The number of hydrogen-bond donors (Lipinski definition) is 2. The second-order valence-electron chi connectivity index (χ2n) is 7.42. The molecule has 6 heteroatoms. The van der Waals surface area contributed by atoms with Crippen molar-refractivity contribution in [2.45, 2.75) is 55.6 Å². The van der Waals surface area contributed by atoms with Crippen LogP contribution < -0.4 is 10.6 Å². The van der Waals surface area contributed by atoms with Gasteiger partial charge < -0.3 is 15.4 Å². The van der Waals surface area contributed by atoms with Crippen molar-refractivity contribution in [3.63, 3.8) is 0 Å². The highest BCUT2D eigenvalue weighted by Crippen LogP contribution is 2.42. The van der Waals surface area contributed by atoms with Gasteiger partial charge in [-0.05, 0) is 24.5 Å². The number of hydrogen-bond acceptors (Lipinski definition) is 4. The van der Waals surface area contributed by atoms with Crippen LogP contribution in [-0.2, 0) is 19.7 Å². The minimum Gasteiger partial charge on any atom is -0.439 e. The van der Waals surface area contributed by atoms with E-state index in [1.54, 1.807) is 0 Å². The predicted octanol–water partition coefficient (Wildman–Crippen LogP) is 0.982. The summed E-state index contributed by atoms with van der Waals surface area (Å²) in [5.41, 5.74) is 0.136. The smallest absolute Gasteiger partial charge is 0.366 e. The maximum absolute atomic E-state index is 12.7. The van der Waals surface area contributed by atoms with Crippen LogP contribution in [0.5, 0.6) is 0 Å². The number of ether oxygens (including phenoxy) is 1. The lowest BCUT2D eigenvalue weighted by atomic mass is 9.79. The Kier molecular flexibility index (Phi) is 3.77. The number of amides is 1. The zero-order valence-corrected chi connectivity index (χ0v) is 14.1. The molecule has 1 amide bonds. The maximum Gasteiger partial charge on any atom is 0.366 e. The highest BCUT2D eigenvalue weighted by molar-refractivity contribution is 6.07. The lowest BCUT2D eigenvalue weighted by Gasteiger charge is -2.30. The van der Waals surface area contributed by atoms with Gasteiger partial charge in [-0.15, -0.1) is 0 Å². The molecular weight excluding hydrogens is 318 g/mol. The topological polar surface area (TPSA) is 95.8 Å². The summed E-state index contributed by atoms with van der Waals surface area (Å²) in [5.74, 6) is -0.412. The summed E-state index contributed by atoms with van der Waals surface area (Å²) in [6.45, 7) is 0.523. The number of carbonyl (C=O) groups is 2. The summed E-state index contributed by atoms with van der Waals surface area (Å²) in [6, 6.07) is 9.43. The average Bonchev–Trinajstić information content (AvgIpc) is 3.20. The van der Waals surface area contributed by atoms with Gasteiger partial charge in [0.1, 0.15) is 11.5 Å². The van der Waals surface area contributed by atoms with Crippen molar-refractivity contribution in [1.29, 1.82) is 5.26 Å². The van der Waals surface area contributed by atoms with Crippen LogP contribution >= 0.6 is 0 Å². The Hall–Kier alpha value is -2.39. The number of nitrogens with one attached hydrogen (secondary N) is 1. The molecular formula is C19H22N3O3+. The van der Waals surface area contributed by atoms with E-state index in [4.69, 9.17) is 4.74 Å². The normalized spacial score (nSPS) is 29.7. The molecule has 0 aromatic heterocycles. The van der Waals surface area contributed by atoms with E-state index >= 15 is 0 Å². The summed E-state index contributed by atoms with van der Waals surface area (Å²) < 4.78 is 5.67. The molecule has 1 aromatic carbocycles. The maximum atomic E-state index is 12.7. The van der Waals surface area contributed by atoms with E-state index in [0.717, 1.165) is 30.5 Å². The second kappa shape index (κ2) is 5.85. The Bertz CT molecular complexity index is 763. The molecule has 3 N–H and O–H groups in total. The molecule has 25 heavy (non-hydrogen) atoms.